The lowest BCUT2D eigenvalue weighted by atomic mass is 10.1. The molecule has 0 aliphatic heterocycles. The molecule has 3 nitrogen and oxygen atoms in total. The molecule has 2 aromatic carbocycles. The fourth-order valence-electron chi connectivity index (χ4n) is 2.55. The second-order valence-corrected chi connectivity index (χ2v) is 6.07. The number of aryl methyl sites for hydroxylation is 1. The van der Waals surface area contributed by atoms with Gasteiger partial charge >= 0.3 is 0 Å². The van der Waals surface area contributed by atoms with Gasteiger partial charge in [-0.3, -0.25) is 4.79 Å². The number of hydrogen-bond acceptors (Lipinski definition) is 2. The van der Waals surface area contributed by atoms with Gasteiger partial charge in [0.05, 0.1) is 9.99 Å². The molecule has 2 N–H and O–H groups in total. The van der Waals surface area contributed by atoms with Crippen LogP contribution in [-0.4, -0.2) is 4.57 Å². The summed E-state index contributed by atoms with van der Waals surface area (Å²) in [5, 5.41) is 0.362. The molecule has 3 rings (SSSR count). The van der Waals surface area contributed by atoms with E-state index >= 15 is 0 Å². The minimum absolute atomic E-state index is 0.184. The van der Waals surface area contributed by atoms with E-state index in [0.717, 1.165) is 11.3 Å². The zero-order valence-corrected chi connectivity index (χ0v) is 13.5. The van der Waals surface area contributed by atoms with Crippen molar-refractivity contribution in [2.24, 2.45) is 0 Å². The summed E-state index contributed by atoms with van der Waals surface area (Å²) in [7, 11) is 0. The quantitative estimate of drug-likeness (QED) is 0.705. The van der Waals surface area contributed by atoms with Crippen LogP contribution in [0.2, 0.25) is 0 Å². The lowest BCUT2D eigenvalue weighted by molar-refractivity contribution is 0.622. The highest BCUT2D eigenvalue weighted by Crippen LogP contribution is 2.24. The standard InChI is InChI=1S/C17H14BrFN2O/c1-10-6-17(22)12-7-14(19)13(18)8-16(12)21(10)9-11-4-2-3-5-15(11)20/h2-8H,9,20H2,1H3. The van der Waals surface area contributed by atoms with Gasteiger partial charge in [0, 0.05) is 29.4 Å². The third kappa shape index (κ3) is 2.52. The summed E-state index contributed by atoms with van der Waals surface area (Å²) in [4.78, 5) is 12.1. The molecule has 0 fully saturated rings. The second-order valence-electron chi connectivity index (χ2n) is 5.22. The van der Waals surface area contributed by atoms with Crippen LogP contribution in [0.25, 0.3) is 10.9 Å². The van der Waals surface area contributed by atoms with Crippen LogP contribution in [0.15, 0.2) is 51.7 Å². The summed E-state index contributed by atoms with van der Waals surface area (Å²) < 4.78 is 16.0. The maximum absolute atomic E-state index is 13.7. The van der Waals surface area contributed by atoms with Crippen LogP contribution < -0.4 is 11.2 Å². The highest BCUT2D eigenvalue weighted by Gasteiger charge is 2.11. The Kier molecular flexibility index (Phi) is 3.74. The maximum Gasteiger partial charge on any atom is 0.189 e. The molecule has 0 saturated carbocycles. The van der Waals surface area contributed by atoms with E-state index in [2.05, 4.69) is 15.9 Å². The Labute approximate surface area is 135 Å². The van der Waals surface area contributed by atoms with Crippen LogP contribution in [0.1, 0.15) is 11.3 Å². The average Bonchev–Trinajstić information content (AvgIpc) is 2.47. The SMILES string of the molecule is Cc1cc(=O)c2cc(F)c(Br)cc2n1Cc1ccccc1N. The number of benzene rings is 2. The van der Waals surface area contributed by atoms with Crippen LogP contribution in [0.3, 0.4) is 0 Å². The average molecular weight is 361 g/mol. The zero-order chi connectivity index (χ0) is 15.9. The van der Waals surface area contributed by atoms with Gasteiger partial charge in [0.1, 0.15) is 5.82 Å². The summed E-state index contributed by atoms with van der Waals surface area (Å²) in [6.07, 6.45) is 0. The molecule has 5 heteroatoms. The van der Waals surface area contributed by atoms with Crippen molar-refractivity contribution in [2.75, 3.05) is 5.73 Å². The molecule has 22 heavy (non-hydrogen) atoms. The van der Waals surface area contributed by atoms with E-state index in [1.165, 1.54) is 12.1 Å². The molecule has 0 spiro atoms. The van der Waals surface area contributed by atoms with Gasteiger partial charge in [0.2, 0.25) is 0 Å². The number of nitrogens with zero attached hydrogens (tertiary/aromatic N) is 1. The molecular formula is C17H14BrFN2O. The Balaban J connectivity index is 2.27. The molecule has 0 bridgehead atoms. The number of para-hydroxylation sites is 1. The number of nitrogen functional groups attached to an aromatic ring is 1. The van der Waals surface area contributed by atoms with Gasteiger partial charge in [-0.2, -0.15) is 0 Å². The van der Waals surface area contributed by atoms with E-state index in [1.807, 2.05) is 35.8 Å². The predicted molar refractivity (Wildman–Crippen MR) is 90.6 cm³/mol. The molecule has 3 aromatic rings. The molecule has 0 amide bonds. The van der Waals surface area contributed by atoms with Crippen LogP contribution in [0.5, 0.6) is 0 Å². The zero-order valence-electron chi connectivity index (χ0n) is 11.9. The fraction of sp³-hybridized carbons (Fsp3) is 0.118. The van der Waals surface area contributed by atoms with E-state index in [9.17, 15) is 9.18 Å². The third-order valence-corrected chi connectivity index (χ3v) is 4.35. The molecule has 0 radical (unpaired) electrons. The predicted octanol–water partition coefficient (Wildman–Crippen LogP) is 3.84. The summed E-state index contributed by atoms with van der Waals surface area (Å²) in [6.45, 7) is 2.38. The number of nitrogens with two attached hydrogens (primary N) is 1. The van der Waals surface area contributed by atoms with E-state index in [0.29, 0.717) is 27.6 Å². The van der Waals surface area contributed by atoms with E-state index < -0.39 is 5.82 Å². The van der Waals surface area contributed by atoms with Crippen molar-refractivity contribution in [1.29, 1.82) is 0 Å². The van der Waals surface area contributed by atoms with Gasteiger partial charge in [-0.1, -0.05) is 18.2 Å². The van der Waals surface area contributed by atoms with Crippen LogP contribution >= 0.6 is 15.9 Å². The summed E-state index contributed by atoms with van der Waals surface area (Å²) in [6, 6.07) is 12.0. The molecule has 0 unspecified atom stereocenters. The van der Waals surface area contributed by atoms with Crippen LogP contribution in [0.4, 0.5) is 10.1 Å². The van der Waals surface area contributed by atoms with Crippen LogP contribution in [-0.2, 0) is 6.54 Å². The normalized spacial score (nSPS) is 11.0. The summed E-state index contributed by atoms with van der Waals surface area (Å²) >= 11 is 3.18. The molecule has 0 aliphatic rings. The van der Waals surface area contributed by atoms with E-state index in [4.69, 9.17) is 5.73 Å². The number of pyridine rings is 1. The largest absolute Gasteiger partial charge is 0.398 e. The minimum atomic E-state index is -0.445. The first-order valence-corrected chi connectivity index (χ1v) is 7.59. The summed E-state index contributed by atoms with van der Waals surface area (Å²) in [5.41, 5.74) is 8.95. The number of hydrogen-bond donors (Lipinski definition) is 1. The molecular weight excluding hydrogens is 347 g/mol. The van der Waals surface area contributed by atoms with E-state index in [-0.39, 0.29) is 5.43 Å². The first-order chi connectivity index (χ1) is 10.5. The van der Waals surface area contributed by atoms with Gasteiger partial charge < -0.3 is 10.3 Å². The molecule has 1 heterocycles. The van der Waals surface area contributed by atoms with Gasteiger partial charge in [-0.15, -0.1) is 0 Å². The van der Waals surface area contributed by atoms with Gasteiger partial charge in [0.25, 0.3) is 0 Å². The second kappa shape index (κ2) is 5.57. The monoisotopic (exact) mass is 360 g/mol. The van der Waals surface area contributed by atoms with Crippen molar-refractivity contribution < 1.29 is 4.39 Å². The van der Waals surface area contributed by atoms with Crippen molar-refractivity contribution in [1.82, 2.24) is 4.57 Å². The Morgan fingerprint density at radius 3 is 2.68 bits per heavy atom. The number of rotatable bonds is 2. The number of halogens is 2. The lowest BCUT2D eigenvalue weighted by Gasteiger charge is -2.16. The summed E-state index contributed by atoms with van der Waals surface area (Å²) in [5.74, 6) is -0.445. The Morgan fingerprint density at radius 1 is 1.23 bits per heavy atom. The van der Waals surface area contributed by atoms with Crippen molar-refractivity contribution >= 4 is 32.5 Å². The van der Waals surface area contributed by atoms with E-state index in [1.54, 1.807) is 6.07 Å². The van der Waals surface area contributed by atoms with Gasteiger partial charge in [-0.25, -0.2) is 4.39 Å². The van der Waals surface area contributed by atoms with Gasteiger partial charge in [-0.05, 0) is 46.6 Å². The first-order valence-electron chi connectivity index (χ1n) is 6.80. The minimum Gasteiger partial charge on any atom is -0.398 e. The molecule has 112 valence electrons. The molecule has 0 atom stereocenters. The number of aromatic nitrogens is 1. The maximum atomic E-state index is 13.7. The lowest BCUT2D eigenvalue weighted by Crippen LogP contribution is -2.14. The Bertz CT molecular complexity index is 934. The highest BCUT2D eigenvalue weighted by atomic mass is 79.9. The Hall–Kier alpha value is -2.14. The topological polar surface area (TPSA) is 48.0 Å². The molecule has 0 saturated heterocycles. The molecule has 0 aliphatic carbocycles. The smallest absolute Gasteiger partial charge is 0.189 e. The van der Waals surface area contributed by atoms with Crippen LogP contribution in [0, 0.1) is 12.7 Å². The highest BCUT2D eigenvalue weighted by molar-refractivity contribution is 9.10. The van der Waals surface area contributed by atoms with Crippen molar-refractivity contribution in [3.63, 3.8) is 0 Å². The van der Waals surface area contributed by atoms with Gasteiger partial charge in [0.15, 0.2) is 5.43 Å². The van der Waals surface area contributed by atoms with Crippen molar-refractivity contribution in [3.8, 4) is 0 Å². The fourth-order valence-corrected chi connectivity index (χ4v) is 2.88. The first kappa shape index (κ1) is 14.8. The Morgan fingerprint density at radius 2 is 1.95 bits per heavy atom. The number of fused-ring (bicyclic) bond motifs is 1. The number of anilines is 1. The van der Waals surface area contributed by atoms with Crippen molar-refractivity contribution in [3.05, 3.63) is 74.2 Å². The molecule has 1 aromatic heterocycles. The van der Waals surface area contributed by atoms with Crippen molar-refractivity contribution in [2.45, 2.75) is 13.5 Å². The third-order valence-electron chi connectivity index (χ3n) is 3.74.